The maximum atomic E-state index is 14.2. The van der Waals surface area contributed by atoms with Gasteiger partial charge < -0.3 is 58.6 Å². The van der Waals surface area contributed by atoms with E-state index in [0.29, 0.717) is 25.8 Å². The minimum Gasteiger partial charge on any atom is -0.462 e. The molecule has 0 aliphatic carbocycles. The summed E-state index contributed by atoms with van der Waals surface area (Å²) in [6, 6.07) is -0.498. The molecule has 3 aliphatic rings. The normalized spacial score (nSPS) is 48.9. The lowest BCUT2D eigenvalue weighted by Gasteiger charge is -2.48. The molecule has 0 unspecified atom stereocenters. The predicted molar refractivity (Wildman–Crippen MR) is 193 cm³/mol. The van der Waals surface area contributed by atoms with E-state index in [4.69, 9.17) is 28.4 Å². The molecule has 18 atom stereocenters. The summed E-state index contributed by atoms with van der Waals surface area (Å²) in [4.78, 5) is 18.2. The van der Waals surface area contributed by atoms with Gasteiger partial charge in [-0.2, -0.15) is 0 Å². The first kappa shape index (κ1) is 44.4. The Morgan fingerprint density at radius 1 is 0.941 bits per heavy atom. The third kappa shape index (κ3) is 10.4. The van der Waals surface area contributed by atoms with Gasteiger partial charge in [-0.1, -0.05) is 27.7 Å². The number of likely N-dealkylation sites (N-methyl/N-ethyl adjacent to an activating group) is 2. The van der Waals surface area contributed by atoms with Gasteiger partial charge in [0.15, 0.2) is 12.6 Å². The van der Waals surface area contributed by atoms with Crippen molar-refractivity contribution in [1.82, 2.24) is 9.80 Å². The smallest absolute Gasteiger partial charge is 0.311 e. The van der Waals surface area contributed by atoms with Gasteiger partial charge in [0.1, 0.15) is 18.3 Å². The Labute approximate surface area is 307 Å². The van der Waals surface area contributed by atoms with E-state index in [0.717, 1.165) is 0 Å². The first-order valence-electron chi connectivity index (χ1n) is 19.1. The van der Waals surface area contributed by atoms with Crippen molar-refractivity contribution in [1.29, 1.82) is 0 Å². The molecule has 3 saturated heterocycles. The molecule has 13 heteroatoms. The number of aliphatic hydroxyl groups is 4. The zero-order valence-corrected chi connectivity index (χ0v) is 33.8. The van der Waals surface area contributed by atoms with Gasteiger partial charge in [-0.25, -0.2) is 0 Å². The minimum absolute atomic E-state index is 0.0490. The van der Waals surface area contributed by atoms with Gasteiger partial charge in [0.2, 0.25) is 0 Å². The van der Waals surface area contributed by atoms with Crippen molar-refractivity contribution in [3.8, 4) is 0 Å². The number of aliphatic hydroxyl groups excluding tert-OH is 3. The number of rotatable bonds is 7. The summed E-state index contributed by atoms with van der Waals surface area (Å²) in [6.45, 7) is 19.2. The van der Waals surface area contributed by atoms with Crippen LogP contribution in [-0.4, -0.2) is 156 Å². The largest absolute Gasteiger partial charge is 0.462 e. The van der Waals surface area contributed by atoms with E-state index in [1.54, 1.807) is 27.7 Å². The highest BCUT2D eigenvalue weighted by Crippen LogP contribution is 2.40. The number of nitrogens with zero attached hydrogens (tertiary/aromatic N) is 2. The maximum absolute atomic E-state index is 14.2. The zero-order chi connectivity index (χ0) is 38.7. The van der Waals surface area contributed by atoms with Gasteiger partial charge >= 0.3 is 5.97 Å². The molecular formula is C38H72N2O11. The predicted octanol–water partition coefficient (Wildman–Crippen LogP) is 2.79. The molecule has 3 rings (SSSR count). The summed E-state index contributed by atoms with van der Waals surface area (Å²) < 4.78 is 37.8. The monoisotopic (exact) mass is 733 g/mol. The van der Waals surface area contributed by atoms with Crippen LogP contribution in [0.15, 0.2) is 0 Å². The Balaban J connectivity index is 2.15. The van der Waals surface area contributed by atoms with Crippen LogP contribution in [-0.2, 0) is 33.2 Å². The molecule has 0 bridgehead atoms. The number of carbonyl (C=O) groups excluding carboxylic acids is 1. The third-order valence-electron chi connectivity index (χ3n) is 12.2. The summed E-state index contributed by atoms with van der Waals surface area (Å²) in [5, 5.41) is 46.4. The van der Waals surface area contributed by atoms with Gasteiger partial charge in [0.05, 0.1) is 47.6 Å². The lowest BCUT2D eigenvalue weighted by atomic mass is 9.77. The van der Waals surface area contributed by atoms with E-state index in [-0.39, 0.29) is 36.4 Å². The van der Waals surface area contributed by atoms with E-state index >= 15 is 0 Å². The van der Waals surface area contributed by atoms with Crippen LogP contribution in [0.25, 0.3) is 0 Å². The van der Waals surface area contributed by atoms with E-state index in [2.05, 4.69) is 11.8 Å². The van der Waals surface area contributed by atoms with Crippen molar-refractivity contribution in [3.63, 3.8) is 0 Å². The van der Waals surface area contributed by atoms with E-state index in [1.165, 1.54) is 7.11 Å². The van der Waals surface area contributed by atoms with E-state index in [1.807, 2.05) is 60.7 Å². The molecule has 0 amide bonds. The zero-order valence-electron chi connectivity index (χ0n) is 33.8. The van der Waals surface area contributed by atoms with Crippen molar-refractivity contribution < 1.29 is 53.6 Å². The number of cyclic esters (lactones) is 1. The highest BCUT2D eigenvalue weighted by Gasteiger charge is 2.51. The molecule has 0 aromatic heterocycles. The molecule has 3 fully saturated rings. The van der Waals surface area contributed by atoms with Crippen molar-refractivity contribution >= 4 is 5.97 Å². The lowest BCUT2D eigenvalue weighted by Crippen LogP contribution is -2.60. The standard InChI is InChI=1S/C38H72N2O11/c1-15-28-22(4)30(41)25(7)40(13)19-20(2)17-37(9,45)34(51-36-31(42)27(39(11)12)16-21(3)47-36)23(5)32(24(6)35(44)49-28)50-29-18-38(10,46-14)33(43)26(8)48-29/h20-34,36,41-43,45H,15-19H2,1-14H3/t20-,21-,22+,23+,24-,25-,26+,27+,28-,29+,30+,31-,32+,33+,34-,36+,37-,38-/m1/s1. The second-order valence-electron chi connectivity index (χ2n) is 16.9. The average Bonchev–Trinajstić information content (AvgIpc) is 3.05. The van der Waals surface area contributed by atoms with E-state index in [9.17, 15) is 25.2 Å². The van der Waals surface area contributed by atoms with Gasteiger partial charge in [-0.15, -0.1) is 0 Å². The van der Waals surface area contributed by atoms with Crippen LogP contribution in [0.3, 0.4) is 0 Å². The Morgan fingerprint density at radius 2 is 1.57 bits per heavy atom. The second-order valence-corrected chi connectivity index (χ2v) is 16.9. The Morgan fingerprint density at radius 3 is 2.14 bits per heavy atom. The molecule has 0 radical (unpaired) electrons. The number of carbonyl (C=O) groups is 1. The Hall–Kier alpha value is -0.970. The number of hydrogen-bond acceptors (Lipinski definition) is 13. The van der Waals surface area contributed by atoms with Crippen LogP contribution in [0, 0.1) is 23.7 Å². The molecule has 0 aromatic carbocycles. The summed E-state index contributed by atoms with van der Waals surface area (Å²) in [5.41, 5.74) is -2.48. The van der Waals surface area contributed by atoms with Crippen LogP contribution < -0.4 is 0 Å². The fourth-order valence-corrected chi connectivity index (χ4v) is 8.69. The summed E-state index contributed by atoms with van der Waals surface area (Å²) in [7, 11) is 7.28. The lowest BCUT2D eigenvalue weighted by molar-refractivity contribution is -0.317. The summed E-state index contributed by atoms with van der Waals surface area (Å²) in [5.74, 6) is -2.48. The molecule has 0 saturated carbocycles. The molecule has 51 heavy (non-hydrogen) atoms. The van der Waals surface area contributed by atoms with Crippen LogP contribution in [0.1, 0.15) is 94.9 Å². The van der Waals surface area contributed by atoms with Crippen LogP contribution in [0.4, 0.5) is 0 Å². The molecule has 3 aliphatic heterocycles. The number of methoxy groups -OCH3 is 1. The average molecular weight is 733 g/mol. The molecule has 0 aromatic rings. The quantitative estimate of drug-likeness (QED) is 0.284. The van der Waals surface area contributed by atoms with Crippen LogP contribution in [0.2, 0.25) is 0 Å². The molecule has 4 N–H and O–H groups in total. The van der Waals surface area contributed by atoms with Gasteiger partial charge in [0, 0.05) is 44.0 Å². The molecule has 0 spiro atoms. The van der Waals surface area contributed by atoms with Crippen molar-refractivity contribution in [2.75, 3.05) is 34.8 Å². The highest BCUT2D eigenvalue weighted by molar-refractivity contribution is 5.73. The number of esters is 1. The van der Waals surface area contributed by atoms with Crippen molar-refractivity contribution in [3.05, 3.63) is 0 Å². The minimum atomic E-state index is -1.50. The van der Waals surface area contributed by atoms with Gasteiger partial charge in [0.25, 0.3) is 0 Å². The second kappa shape index (κ2) is 18.1. The van der Waals surface area contributed by atoms with Crippen LogP contribution in [0.5, 0.6) is 0 Å². The van der Waals surface area contributed by atoms with Gasteiger partial charge in [-0.3, -0.25) is 4.79 Å². The molecule has 300 valence electrons. The topological polar surface area (TPSA) is 160 Å². The number of ether oxygens (including phenoxy) is 6. The highest BCUT2D eigenvalue weighted by atomic mass is 16.7. The third-order valence-corrected chi connectivity index (χ3v) is 12.2. The summed E-state index contributed by atoms with van der Waals surface area (Å²) in [6.07, 6.45) is -6.42. The first-order chi connectivity index (χ1) is 23.6. The Kier molecular flexibility index (Phi) is 15.8. The van der Waals surface area contributed by atoms with E-state index < -0.39 is 84.3 Å². The fraction of sp³-hybridized carbons (Fsp3) is 0.974. The van der Waals surface area contributed by atoms with Crippen molar-refractivity contribution in [2.24, 2.45) is 23.7 Å². The SMILES string of the molecule is CC[C@H]1OC(=O)[C@H](C)[C@@H](O[C@H]2C[C@@](C)(OC)[C@@H](O)[C@H](C)O2)[C@H](C)[C@@H](O[C@@H]2O[C@H](C)C[C@H](N(C)C)[C@H]2O)[C@](C)(O)C[C@@H](C)CN(C)[C@H](C)[C@@H](O)[C@H]1C. The first-order valence-corrected chi connectivity index (χ1v) is 19.1. The molecule has 13 nitrogen and oxygen atoms in total. The summed E-state index contributed by atoms with van der Waals surface area (Å²) >= 11 is 0. The van der Waals surface area contributed by atoms with Crippen LogP contribution >= 0.6 is 0 Å². The maximum Gasteiger partial charge on any atom is 0.311 e. The molecular weight excluding hydrogens is 660 g/mol. The molecule has 3 heterocycles. The fourth-order valence-electron chi connectivity index (χ4n) is 8.69. The van der Waals surface area contributed by atoms with Crippen molar-refractivity contribution in [2.45, 2.75) is 180 Å². The number of hydrogen-bond donors (Lipinski definition) is 4. The van der Waals surface area contributed by atoms with Gasteiger partial charge in [-0.05, 0) is 87.9 Å². The Bertz CT molecular complexity index is 1100.